The van der Waals surface area contributed by atoms with E-state index in [4.69, 9.17) is 4.74 Å². The van der Waals surface area contributed by atoms with Gasteiger partial charge in [-0.1, -0.05) is 32.0 Å². The number of benzene rings is 2. The topological polar surface area (TPSA) is 81.5 Å². The molecule has 24 heavy (non-hydrogen) atoms. The van der Waals surface area contributed by atoms with Crippen LogP contribution < -0.4 is 10.1 Å². The molecule has 0 unspecified atom stereocenters. The number of nitrogens with one attached hydrogen (secondary N) is 1. The molecule has 1 N–H and O–H groups in total. The van der Waals surface area contributed by atoms with Crippen molar-refractivity contribution in [3.05, 3.63) is 63.7 Å². The van der Waals surface area contributed by atoms with E-state index >= 15 is 0 Å². The van der Waals surface area contributed by atoms with Gasteiger partial charge in [-0.2, -0.15) is 0 Å². The fourth-order valence-corrected chi connectivity index (χ4v) is 2.26. The lowest BCUT2D eigenvalue weighted by atomic mass is 10.0. The van der Waals surface area contributed by atoms with Crippen molar-refractivity contribution in [1.82, 2.24) is 0 Å². The van der Waals surface area contributed by atoms with E-state index in [1.54, 1.807) is 19.1 Å². The summed E-state index contributed by atoms with van der Waals surface area (Å²) in [6.07, 6.45) is 0. The molecule has 0 heterocycles. The van der Waals surface area contributed by atoms with Crippen molar-refractivity contribution in [2.75, 3.05) is 11.9 Å². The molecule has 0 radical (unpaired) electrons. The maximum Gasteiger partial charge on any atom is 0.274 e. The Morgan fingerprint density at radius 1 is 1.25 bits per heavy atom. The van der Waals surface area contributed by atoms with Gasteiger partial charge in [0, 0.05) is 6.07 Å². The Labute approximate surface area is 140 Å². The normalized spacial score (nSPS) is 10.5. The van der Waals surface area contributed by atoms with Crippen LogP contribution in [0, 0.1) is 17.0 Å². The van der Waals surface area contributed by atoms with Crippen molar-refractivity contribution in [3.63, 3.8) is 0 Å². The summed E-state index contributed by atoms with van der Waals surface area (Å²) in [7, 11) is 0. The van der Waals surface area contributed by atoms with Gasteiger partial charge in [0.25, 0.3) is 11.6 Å². The Bertz CT molecular complexity index is 756. The minimum absolute atomic E-state index is 0.0293. The first-order valence-corrected chi connectivity index (χ1v) is 7.65. The van der Waals surface area contributed by atoms with Crippen molar-refractivity contribution in [3.8, 4) is 5.75 Å². The number of rotatable bonds is 6. The van der Waals surface area contributed by atoms with Crippen LogP contribution in [0.3, 0.4) is 0 Å². The zero-order valence-corrected chi connectivity index (χ0v) is 13.9. The number of nitro groups is 1. The van der Waals surface area contributed by atoms with Gasteiger partial charge in [0.05, 0.1) is 16.2 Å². The van der Waals surface area contributed by atoms with Crippen LogP contribution in [0.25, 0.3) is 0 Å². The van der Waals surface area contributed by atoms with Crippen LogP contribution in [0.4, 0.5) is 11.4 Å². The van der Waals surface area contributed by atoms with Crippen LogP contribution in [0.1, 0.15) is 30.9 Å². The predicted molar refractivity (Wildman–Crippen MR) is 92.5 cm³/mol. The summed E-state index contributed by atoms with van der Waals surface area (Å²) >= 11 is 0. The monoisotopic (exact) mass is 328 g/mol. The lowest BCUT2D eigenvalue weighted by Crippen LogP contribution is -2.20. The van der Waals surface area contributed by atoms with Crippen LogP contribution in [0.2, 0.25) is 0 Å². The molecule has 0 bridgehead atoms. The predicted octanol–water partition coefficient (Wildman–Crippen LogP) is 4.04. The molecular weight excluding hydrogens is 308 g/mol. The first kappa shape index (κ1) is 17.5. The molecule has 2 aromatic rings. The molecule has 0 aliphatic carbocycles. The van der Waals surface area contributed by atoms with Gasteiger partial charge in [0.2, 0.25) is 0 Å². The van der Waals surface area contributed by atoms with Crippen molar-refractivity contribution in [2.24, 2.45) is 0 Å². The molecule has 0 saturated heterocycles. The molecule has 0 spiro atoms. The number of ether oxygens (including phenoxy) is 1. The second-order valence-electron chi connectivity index (χ2n) is 5.77. The maximum absolute atomic E-state index is 12.0. The summed E-state index contributed by atoms with van der Waals surface area (Å²) in [5, 5.41) is 13.6. The molecule has 0 aliphatic rings. The standard InChI is InChI=1S/C18H20N2O4/c1-12(2)14-6-4-7-15(10-14)24-11-18(21)19-16-8-5-9-17(13(16)3)20(22)23/h4-10,12H,11H2,1-3H3,(H,19,21). The Morgan fingerprint density at radius 2 is 1.96 bits per heavy atom. The molecule has 6 heteroatoms. The number of amides is 1. The van der Waals surface area contributed by atoms with Gasteiger partial charge in [-0.25, -0.2) is 0 Å². The van der Waals surface area contributed by atoms with Crippen molar-refractivity contribution in [2.45, 2.75) is 26.7 Å². The number of nitrogens with zero attached hydrogens (tertiary/aromatic N) is 1. The number of nitro benzene ring substituents is 1. The lowest BCUT2D eigenvalue weighted by Gasteiger charge is -2.11. The van der Waals surface area contributed by atoms with E-state index in [1.807, 2.05) is 18.2 Å². The smallest absolute Gasteiger partial charge is 0.274 e. The number of anilines is 1. The summed E-state index contributed by atoms with van der Waals surface area (Å²) < 4.78 is 5.50. The highest BCUT2D eigenvalue weighted by Crippen LogP contribution is 2.25. The average molecular weight is 328 g/mol. The largest absolute Gasteiger partial charge is 0.484 e. The van der Waals surface area contributed by atoms with Crippen LogP contribution >= 0.6 is 0 Å². The highest BCUT2D eigenvalue weighted by molar-refractivity contribution is 5.93. The van der Waals surface area contributed by atoms with Crippen LogP contribution in [-0.4, -0.2) is 17.4 Å². The van der Waals surface area contributed by atoms with E-state index < -0.39 is 4.92 Å². The number of carbonyl (C=O) groups excluding carboxylic acids is 1. The molecule has 0 fully saturated rings. The molecule has 0 aromatic heterocycles. The number of hydrogen-bond donors (Lipinski definition) is 1. The summed E-state index contributed by atoms with van der Waals surface area (Å²) in [4.78, 5) is 22.5. The maximum atomic E-state index is 12.0. The average Bonchev–Trinajstić information content (AvgIpc) is 2.55. The molecule has 1 amide bonds. The van der Waals surface area contributed by atoms with Crippen LogP contribution in [-0.2, 0) is 4.79 Å². The zero-order valence-electron chi connectivity index (χ0n) is 13.9. The lowest BCUT2D eigenvalue weighted by molar-refractivity contribution is -0.385. The van der Waals surface area contributed by atoms with E-state index in [1.165, 1.54) is 12.1 Å². The highest BCUT2D eigenvalue weighted by Gasteiger charge is 2.15. The van der Waals surface area contributed by atoms with Gasteiger partial charge in [0.15, 0.2) is 6.61 Å². The summed E-state index contributed by atoms with van der Waals surface area (Å²) in [5.41, 5.74) is 1.92. The Balaban J connectivity index is 2.00. The van der Waals surface area contributed by atoms with E-state index in [0.29, 0.717) is 22.9 Å². The quantitative estimate of drug-likeness (QED) is 0.641. The second kappa shape index (κ2) is 7.59. The summed E-state index contributed by atoms with van der Waals surface area (Å²) in [6.45, 7) is 5.60. The Kier molecular flexibility index (Phi) is 5.52. The van der Waals surface area contributed by atoms with Gasteiger partial charge >= 0.3 is 0 Å². The van der Waals surface area contributed by atoms with Gasteiger partial charge in [-0.15, -0.1) is 0 Å². The van der Waals surface area contributed by atoms with Gasteiger partial charge < -0.3 is 10.1 Å². The summed E-state index contributed by atoms with van der Waals surface area (Å²) in [6, 6.07) is 12.1. The first-order chi connectivity index (χ1) is 11.4. The Hall–Kier alpha value is -2.89. The fraction of sp³-hybridized carbons (Fsp3) is 0.278. The molecule has 2 aromatic carbocycles. The molecule has 0 saturated carbocycles. The third kappa shape index (κ3) is 4.32. The Morgan fingerprint density at radius 3 is 2.62 bits per heavy atom. The third-order valence-electron chi connectivity index (χ3n) is 3.67. The van der Waals surface area contributed by atoms with Crippen molar-refractivity contribution >= 4 is 17.3 Å². The minimum atomic E-state index is -0.473. The molecule has 0 atom stereocenters. The zero-order chi connectivity index (χ0) is 17.7. The SMILES string of the molecule is Cc1c(NC(=O)COc2cccc(C(C)C)c2)cccc1[N+](=O)[O-]. The number of carbonyl (C=O) groups is 1. The molecule has 0 aliphatic heterocycles. The third-order valence-corrected chi connectivity index (χ3v) is 3.67. The fourth-order valence-electron chi connectivity index (χ4n) is 2.26. The highest BCUT2D eigenvalue weighted by atomic mass is 16.6. The molecule has 126 valence electrons. The van der Waals surface area contributed by atoms with Gasteiger partial charge in [0.1, 0.15) is 5.75 Å². The van der Waals surface area contributed by atoms with Crippen LogP contribution in [0.5, 0.6) is 5.75 Å². The van der Waals surface area contributed by atoms with Gasteiger partial charge in [-0.3, -0.25) is 14.9 Å². The van der Waals surface area contributed by atoms with E-state index in [-0.39, 0.29) is 18.2 Å². The first-order valence-electron chi connectivity index (χ1n) is 7.65. The van der Waals surface area contributed by atoms with E-state index in [9.17, 15) is 14.9 Å². The van der Waals surface area contributed by atoms with E-state index in [0.717, 1.165) is 5.56 Å². The second-order valence-corrected chi connectivity index (χ2v) is 5.77. The minimum Gasteiger partial charge on any atom is -0.484 e. The van der Waals surface area contributed by atoms with Crippen LogP contribution in [0.15, 0.2) is 42.5 Å². The van der Waals surface area contributed by atoms with E-state index in [2.05, 4.69) is 19.2 Å². The summed E-state index contributed by atoms with van der Waals surface area (Å²) in [5.74, 6) is 0.621. The van der Waals surface area contributed by atoms with Crippen molar-refractivity contribution < 1.29 is 14.5 Å². The van der Waals surface area contributed by atoms with Gasteiger partial charge in [-0.05, 0) is 36.6 Å². The molecule has 6 nitrogen and oxygen atoms in total. The molecule has 2 rings (SSSR count). The van der Waals surface area contributed by atoms with Crippen molar-refractivity contribution in [1.29, 1.82) is 0 Å². The molecular formula is C18H20N2O4. The number of hydrogen-bond acceptors (Lipinski definition) is 4.